The SMILES string of the molecule is CCc1ccccc1Nc1cc(C)nc2nc(-c3cccnc3)nn12. The Balaban J connectivity index is 1.82. The number of nitrogens with one attached hydrogen (secondary N) is 1. The largest absolute Gasteiger partial charge is 0.340 e. The molecule has 0 radical (unpaired) electrons. The van der Waals surface area contributed by atoms with Gasteiger partial charge in [-0.3, -0.25) is 4.98 Å². The zero-order chi connectivity index (χ0) is 17.2. The number of rotatable bonds is 4. The van der Waals surface area contributed by atoms with Gasteiger partial charge in [0.1, 0.15) is 5.82 Å². The molecule has 3 heterocycles. The van der Waals surface area contributed by atoms with Gasteiger partial charge in [-0.05, 0) is 37.1 Å². The Morgan fingerprint density at radius 1 is 1.08 bits per heavy atom. The molecule has 0 aliphatic carbocycles. The van der Waals surface area contributed by atoms with Crippen LogP contribution in [0.1, 0.15) is 18.2 Å². The summed E-state index contributed by atoms with van der Waals surface area (Å²) in [6.07, 6.45) is 4.44. The fourth-order valence-corrected chi connectivity index (χ4v) is 2.78. The number of hydrogen-bond donors (Lipinski definition) is 1. The summed E-state index contributed by atoms with van der Waals surface area (Å²) in [5, 5.41) is 8.09. The summed E-state index contributed by atoms with van der Waals surface area (Å²) in [5.74, 6) is 2.01. The van der Waals surface area contributed by atoms with Crippen LogP contribution in [0.3, 0.4) is 0 Å². The standard InChI is InChI=1S/C19H18N6/c1-3-14-7-4-5-9-16(14)22-17-11-13(2)21-19-23-18(24-25(17)19)15-8-6-10-20-12-15/h4-12,22H,3H2,1-2H3. The molecule has 25 heavy (non-hydrogen) atoms. The van der Waals surface area contributed by atoms with E-state index in [0.717, 1.165) is 29.2 Å². The molecule has 3 aromatic heterocycles. The monoisotopic (exact) mass is 330 g/mol. The fraction of sp³-hybridized carbons (Fsp3) is 0.158. The van der Waals surface area contributed by atoms with Crippen LogP contribution in [0.25, 0.3) is 17.2 Å². The summed E-state index contributed by atoms with van der Waals surface area (Å²) in [4.78, 5) is 13.2. The lowest BCUT2D eigenvalue weighted by atomic mass is 10.1. The van der Waals surface area contributed by atoms with Crippen molar-refractivity contribution in [2.75, 3.05) is 5.32 Å². The van der Waals surface area contributed by atoms with Gasteiger partial charge < -0.3 is 5.32 Å². The highest BCUT2D eigenvalue weighted by molar-refractivity contribution is 5.64. The molecule has 0 saturated heterocycles. The van der Waals surface area contributed by atoms with Crippen molar-refractivity contribution < 1.29 is 0 Å². The van der Waals surface area contributed by atoms with E-state index in [4.69, 9.17) is 0 Å². The van der Waals surface area contributed by atoms with Gasteiger partial charge >= 0.3 is 0 Å². The van der Waals surface area contributed by atoms with E-state index < -0.39 is 0 Å². The van der Waals surface area contributed by atoms with Crippen molar-refractivity contribution in [2.24, 2.45) is 0 Å². The molecule has 0 bridgehead atoms. The minimum absolute atomic E-state index is 0.565. The Bertz CT molecular complexity index is 1020. The van der Waals surface area contributed by atoms with E-state index >= 15 is 0 Å². The van der Waals surface area contributed by atoms with Crippen LogP contribution >= 0.6 is 0 Å². The van der Waals surface area contributed by atoms with E-state index in [1.165, 1.54) is 5.56 Å². The van der Waals surface area contributed by atoms with Gasteiger partial charge in [0.15, 0.2) is 5.82 Å². The summed E-state index contributed by atoms with van der Waals surface area (Å²) >= 11 is 0. The Labute approximate surface area is 145 Å². The molecule has 124 valence electrons. The highest BCUT2D eigenvalue weighted by Crippen LogP contribution is 2.23. The third-order valence-electron chi connectivity index (χ3n) is 4.02. The van der Waals surface area contributed by atoms with Crippen LogP contribution in [0.2, 0.25) is 0 Å². The zero-order valence-electron chi connectivity index (χ0n) is 14.1. The highest BCUT2D eigenvalue weighted by atomic mass is 15.4. The second-order valence-electron chi connectivity index (χ2n) is 5.81. The Morgan fingerprint density at radius 2 is 1.96 bits per heavy atom. The van der Waals surface area contributed by atoms with Gasteiger partial charge in [-0.25, -0.2) is 4.98 Å². The first-order valence-electron chi connectivity index (χ1n) is 8.24. The highest BCUT2D eigenvalue weighted by Gasteiger charge is 2.12. The van der Waals surface area contributed by atoms with Crippen molar-refractivity contribution in [3.63, 3.8) is 0 Å². The molecule has 0 unspecified atom stereocenters. The van der Waals surface area contributed by atoms with Crippen LogP contribution in [0.4, 0.5) is 11.5 Å². The van der Waals surface area contributed by atoms with Gasteiger partial charge in [0, 0.05) is 35.4 Å². The van der Waals surface area contributed by atoms with Crippen LogP contribution in [-0.4, -0.2) is 24.6 Å². The smallest absolute Gasteiger partial charge is 0.254 e. The van der Waals surface area contributed by atoms with Crippen molar-refractivity contribution in [2.45, 2.75) is 20.3 Å². The van der Waals surface area contributed by atoms with Crippen LogP contribution in [0.15, 0.2) is 54.9 Å². The van der Waals surface area contributed by atoms with Crippen LogP contribution in [0.5, 0.6) is 0 Å². The van der Waals surface area contributed by atoms with Gasteiger partial charge in [0.05, 0.1) is 0 Å². The van der Waals surface area contributed by atoms with Crippen molar-refractivity contribution >= 4 is 17.3 Å². The molecule has 0 saturated carbocycles. The molecule has 0 fully saturated rings. The number of anilines is 2. The van der Waals surface area contributed by atoms with Crippen molar-refractivity contribution in [1.29, 1.82) is 0 Å². The molecule has 0 aliphatic rings. The maximum Gasteiger partial charge on any atom is 0.254 e. The van der Waals surface area contributed by atoms with E-state index in [1.54, 1.807) is 16.9 Å². The van der Waals surface area contributed by atoms with Crippen molar-refractivity contribution in [3.05, 3.63) is 66.1 Å². The minimum atomic E-state index is 0.565. The number of nitrogens with zero attached hydrogens (tertiary/aromatic N) is 5. The maximum absolute atomic E-state index is 4.62. The fourth-order valence-electron chi connectivity index (χ4n) is 2.78. The summed E-state index contributed by atoms with van der Waals surface area (Å²) in [5.41, 5.74) is 4.06. The molecule has 1 aromatic carbocycles. The molecule has 4 aromatic rings. The van der Waals surface area contributed by atoms with E-state index in [9.17, 15) is 0 Å². The van der Waals surface area contributed by atoms with E-state index in [-0.39, 0.29) is 0 Å². The number of aromatic nitrogens is 5. The van der Waals surface area contributed by atoms with Crippen LogP contribution < -0.4 is 5.32 Å². The summed E-state index contributed by atoms with van der Waals surface area (Å²) < 4.78 is 1.74. The average Bonchev–Trinajstić information content (AvgIpc) is 3.07. The predicted octanol–water partition coefficient (Wildman–Crippen LogP) is 3.80. The molecule has 1 N–H and O–H groups in total. The number of aryl methyl sites for hydroxylation is 2. The number of hydrogen-bond acceptors (Lipinski definition) is 5. The summed E-state index contributed by atoms with van der Waals surface area (Å²) in [6, 6.07) is 14.0. The number of benzene rings is 1. The Kier molecular flexibility index (Phi) is 3.85. The molecule has 0 aliphatic heterocycles. The number of fused-ring (bicyclic) bond motifs is 1. The predicted molar refractivity (Wildman–Crippen MR) is 97.9 cm³/mol. The topological polar surface area (TPSA) is 68.0 Å². The first kappa shape index (κ1) is 15.3. The molecule has 0 amide bonds. The second kappa shape index (κ2) is 6.32. The average molecular weight is 330 g/mol. The van der Waals surface area contributed by atoms with Crippen molar-refractivity contribution in [3.8, 4) is 11.4 Å². The molecular formula is C19H18N6. The van der Waals surface area contributed by atoms with Gasteiger partial charge in [-0.15, -0.1) is 5.10 Å². The minimum Gasteiger partial charge on any atom is -0.340 e. The lowest BCUT2D eigenvalue weighted by Gasteiger charge is -2.12. The van der Waals surface area contributed by atoms with Crippen LogP contribution in [-0.2, 0) is 6.42 Å². The lowest BCUT2D eigenvalue weighted by Crippen LogP contribution is -2.04. The summed E-state index contributed by atoms with van der Waals surface area (Å²) in [6.45, 7) is 4.10. The van der Waals surface area contributed by atoms with Crippen LogP contribution in [0, 0.1) is 6.92 Å². The van der Waals surface area contributed by atoms with Gasteiger partial charge in [-0.1, -0.05) is 25.1 Å². The normalized spacial score (nSPS) is 11.0. The quantitative estimate of drug-likeness (QED) is 0.616. The number of para-hydroxylation sites is 1. The first-order valence-corrected chi connectivity index (χ1v) is 8.24. The Hall–Kier alpha value is -3.28. The molecule has 6 nitrogen and oxygen atoms in total. The van der Waals surface area contributed by atoms with E-state index in [0.29, 0.717) is 11.6 Å². The Morgan fingerprint density at radius 3 is 2.76 bits per heavy atom. The lowest BCUT2D eigenvalue weighted by molar-refractivity contribution is 0.938. The number of pyridine rings is 1. The van der Waals surface area contributed by atoms with Gasteiger partial charge in [0.25, 0.3) is 5.78 Å². The second-order valence-corrected chi connectivity index (χ2v) is 5.81. The maximum atomic E-state index is 4.62. The third kappa shape index (κ3) is 2.94. The molecule has 4 rings (SSSR count). The zero-order valence-corrected chi connectivity index (χ0v) is 14.1. The molecule has 6 heteroatoms. The molecule has 0 spiro atoms. The third-order valence-corrected chi connectivity index (χ3v) is 4.02. The van der Waals surface area contributed by atoms with Crippen molar-refractivity contribution in [1.82, 2.24) is 24.6 Å². The van der Waals surface area contributed by atoms with Gasteiger partial charge in [-0.2, -0.15) is 9.50 Å². The molecular weight excluding hydrogens is 312 g/mol. The van der Waals surface area contributed by atoms with Gasteiger partial charge in [0.2, 0.25) is 0 Å². The first-order chi connectivity index (χ1) is 12.2. The molecule has 0 atom stereocenters. The van der Waals surface area contributed by atoms with E-state index in [1.807, 2.05) is 37.3 Å². The van der Waals surface area contributed by atoms with E-state index in [2.05, 4.69) is 44.4 Å². The summed E-state index contributed by atoms with van der Waals surface area (Å²) in [7, 11) is 0.